The lowest BCUT2D eigenvalue weighted by atomic mass is 10.3. The van der Waals surface area contributed by atoms with Gasteiger partial charge in [-0.3, -0.25) is 4.57 Å². The molecule has 0 unspecified atom stereocenters. The van der Waals surface area contributed by atoms with Crippen LogP contribution in [0.5, 0.6) is 0 Å². The Morgan fingerprint density at radius 2 is 1.87 bits per heavy atom. The Kier molecular flexibility index (Phi) is 5.04. The number of sulfonamides is 1. The summed E-state index contributed by atoms with van der Waals surface area (Å²) in [7, 11) is -3.69. The highest BCUT2D eigenvalue weighted by Crippen LogP contribution is 2.36. The van der Waals surface area contributed by atoms with Crippen LogP contribution >= 0.6 is 11.3 Å². The average molecular weight is 463 g/mol. The third-order valence-electron chi connectivity index (χ3n) is 6.14. The first-order valence-corrected chi connectivity index (χ1v) is 12.9. The van der Waals surface area contributed by atoms with Gasteiger partial charge in [0.05, 0.1) is 15.9 Å². The van der Waals surface area contributed by atoms with Crippen molar-refractivity contribution < 1.29 is 8.42 Å². The standard InChI is InChI=1S/C20H26N6O3S2/c1-14-21-22-18(30-14)26-17-13-15(31(28,29)23-20(2)7-8-20)5-6-16(17)25(19(26)27)12-11-24-9-3-4-10-24/h5-6,13,23H,3-4,7-12H2,1-2H3. The van der Waals surface area contributed by atoms with E-state index in [9.17, 15) is 13.2 Å². The minimum Gasteiger partial charge on any atom is -0.302 e. The maximum Gasteiger partial charge on any atom is 0.335 e. The van der Waals surface area contributed by atoms with E-state index in [4.69, 9.17) is 0 Å². The fraction of sp³-hybridized carbons (Fsp3) is 0.550. The van der Waals surface area contributed by atoms with E-state index in [1.807, 2.05) is 13.8 Å². The Balaban J connectivity index is 1.60. The van der Waals surface area contributed by atoms with Crippen molar-refractivity contribution in [3.05, 3.63) is 33.7 Å². The second kappa shape index (κ2) is 7.51. The van der Waals surface area contributed by atoms with Crippen LogP contribution in [-0.2, 0) is 16.6 Å². The van der Waals surface area contributed by atoms with Crippen molar-refractivity contribution in [3.8, 4) is 5.13 Å². The normalized spacial score (nSPS) is 18.8. The molecule has 1 saturated heterocycles. The molecule has 3 aromatic rings. The lowest BCUT2D eigenvalue weighted by molar-refractivity contribution is 0.322. The Morgan fingerprint density at radius 3 is 2.52 bits per heavy atom. The minimum atomic E-state index is -3.69. The molecule has 1 N–H and O–H groups in total. The van der Waals surface area contributed by atoms with E-state index in [1.165, 1.54) is 28.7 Å². The summed E-state index contributed by atoms with van der Waals surface area (Å²) in [4.78, 5) is 15.9. The quantitative estimate of drug-likeness (QED) is 0.575. The van der Waals surface area contributed by atoms with Crippen LogP contribution in [-0.4, -0.2) is 57.8 Å². The second-order valence-electron chi connectivity index (χ2n) is 8.74. The summed E-state index contributed by atoms with van der Waals surface area (Å²) in [6.45, 7) is 7.16. The van der Waals surface area contributed by atoms with Gasteiger partial charge in [-0.1, -0.05) is 11.3 Å². The Hall–Kier alpha value is -2.08. The van der Waals surface area contributed by atoms with Gasteiger partial charge < -0.3 is 4.90 Å². The first kappa shape index (κ1) is 20.8. The number of fused-ring (bicyclic) bond motifs is 1. The highest BCUT2D eigenvalue weighted by atomic mass is 32.2. The molecule has 1 saturated carbocycles. The molecule has 0 atom stereocenters. The van der Waals surface area contributed by atoms with Gasteiger partial charge in [0.25, 0.3) is 0 Å². The third-order valence-corrected chi connectivity index (χ3v) is 8.60. The van der Waals surface area contributed by atoms with Gasteiger partial charge in [0.2, 0.25) is 15.2 Å². The summed E-state index contributed by atoms with van der Waals surface area (Å²) >= 11 is 1.31. The molecule has 2 fully saturated rings. The number of likely N-dealkylation sites (tertiary alicyclic amines) is 1. The van der Waals surface area contributed by atoms with E-state index in [0.29, 0.717) is 22.7 Å². The largest absolute Gasteiger partial charge is 0.335 e. The molecule has 5 rings (SSSR count). The van der Waals surface area contributed by atoms with Crippen molar-refractivity contribution in [2.75, 3.05) is 19.6 Å². The van der Waals surface area contributed by atoms with Crippen molar-refractivity contribution in [2.24, 2.45) is 0 Å². The monoisotopic (exact) mass is 462 g/mol. The number of hydrogen-bond donors (Lipinski definition) is 1. The van der Waals surface area contributed by atoms with Crippen LogP contribution in [0, 0.1) is 6.92 Å². The third kappa shape index (κ3) is 3.95. The molecule has 0 spiro atoms. The van der Waals surface area contributed by atoms with E-state index in [0.717, 1.165) is 37.5 Å². The molecule has 0 amide bonds. The highest BCUT2D eigenvalue weighted by molar-refractivity contribution is 7.89. The van der Waals surface area contributed by atoms with Gasteiger partial charge in [-0.2, -0.15) is 0 Å². The summed E-state index contributed by atoms with van der Waals surface area (Å²) in [6, 6.07) is 4.89. The molecular formula is C20H26N6O3S2. The molecule has 2 aliphatic rings. The number of benzene rings is 1. The zero-order valence-electron chi connectivity index (χ0n) is 17.7. The molecule has 1 aliphatic heterocycles. The van der Waals surface area contributed by atoms with E-state index < -0.39 is 10.0 Å². The average Bonchev–Trinajstić information content (AvgIpc) is 3.10. The predicted molar refractivity (Wildman–Crippen MR) is 119 cm³/mol. The van der Waals surface area contributed by atoms with Crippen LogP contribution < -0.4 is 10.4 Å². The molecule has 31 heavy (non-hydrogen) atoms. The van der Waals surface area contributed by atoms with Gasteiger partial charge in [-0.05, 0) is 70.8 Å². The zero-order valence-corrected chi connectivity index (χ0v) is 19.3. The van der Waals surface area contributed by atoms with Crippen molar-refractivity contribution in [1.29, 1.82) is 0 Å². The fourth-order valence-corrected chi connectivity index (χ4v) is 6.28. The second-order valence-corrected chi connectivity index (χ2v) is 11.6. The SMILES string of the molecule is Cc1nnc(-n2c(=O)n(CCN3CCCC3)c3ccc(S(=O)(=O)NC4(C)CC4)cc32)s1. The Morgan fingerprint density at radius 1 is 1.13 bits per heavy atom. The van der Waals surface area contributed by atoms with E-state index >= 15 is 0 Å². The molecule has 1 aliphatic carbocycles. The van der Waals surface area contributed by atoms with Gasteiger partial charge in [-0.15, -0.1) is 10.2 Å². The first-order chi connectivity index (χ1) is 14.8. The fourth-order valence-electron chi connectivity index (χ4n) is 4.10. The Labute approximate surface area is 184 Å². The van der Waals surface area contributed by atoms with Crippen LogP contribution in [0.2, 0.25) is 0 Å². The first-order valence-electron chi connectivity index (χ1n) is 10.6. The van der Waals surface area contributed by atoms with E-state index in [2.05, 4.69) is 19.8 Å². The number of nitrogens with zero attached hydrogens (tertiary/aromatic N) is 5. The summed E-state index contributed by atoms with van der Waals surface area (Å²) in [5.41, 5.74) is 0.646. The summed E-state index contributed by atoms with van der Waals surface area (Å²) < 4.78 is 31.9. The zero-order chi connectivity index (χ0) is 21.8. The van der Waals surface area contributed by atoms with E-state index in [-0.39, 0.29) is 16.1 Å². The van der Waals surface area contributed by atoms with Crippen molar-refractivity contribution in [2.45, 2.75) is 56.5 Å². The van der Waals surface area contributed by atoms with Gasteiger partial charge in [0.15, 0.2) is 0 Å². The van der Waals surface area contributed by atoms with Crippen molar-refractivity contribution in [1.82, 2.24) is 29.0 Å². The van der Waals surface area contributed by atoms with Gasteiger partial charge in [0.1, 0.15) is 5.01 Å². The number of aryl methyl sites for hydroxylation is 1. The van der Waals surface area contributed by atoms with Crippen LogP contribution in [0.25, 0.3) is 16.2 Å². The minimum absolute atomic E-state index is 0.153. The molecule has 0 radical (unpaired) electrons. The Bertz CT molecular complexity index is 1300. The van der Waals surface area contributed by atoms with Crippen LogP contribution in [0.4, 0.5) is 0 Å². The molecule has 2 aromatic heterocycles. The smallest absolute Gasteiger partial charge is 0.302 e. The van der Waals surface area contributed by atoms with Crippen LogP contribution in [0.15, 0.2) is 27.9 Å². The number of imidazole rings is 1. The summed E-state index contributed by atoms with van der Waals surface area (Å²) in [5.74, 6) is 0. The maximum absolute atomic E-state index is 13.4. The van der Waals surface area contributed by atoms with Crippen LogP contribution in [0.1, 0.15) is 37.6 Å². The van der Waals surface area contributed by atoms with Gasteiger partial charge in [0, 0.05) is 18.6 Å². The topological polar surface area (TPSA) is 102 Å². The molecule has 1 aromatic carbocycles. The van der Waals surface area contributed by atoms with Gasteiger partial charge in [-0.25, -0.2) is 22.5 Å². The van der Waals surface area contributed by atoms with Crippen LogP contribution in [0.3, 0.4) is 0 Å². The lowest BCUT2D eigenvalue weighted by Gasteiger charge is -2.14. The molecule has 166 valence electrons. The molecule has 3 heterocycles. The number of aromatic nitrogens is 4. The van der Waals surface area contributed by atoms with Crippen molar-refractivity contribution >= 4 is 32.4 Å². The number of hydrogen-bond acceptors (Lipinski definition) is 7. The molecule has 11 heteroatoms. The van der Waals surface area contributed by atoms with E-state index in [1.54, 1.807) is 22.8 Å². The highest BCUT2D eigenvalue weighted by Gasteiger charge is 2.41. The van der Waals surface area contributed by atoms with Crippen molar-refractivity contribution in [3.63, 3.8) is 0 Å². The number of nitrogens with one attached hydrogen (secondary N) is 1. The molecular weight excluding hydrogens is 436 g/mol. The molecule has 0 bridgehead atoms. The number of rotatable bonds is 7. The lowest BCUT2D eigenvalue weighted by Crippen LogP contribution is -2.34. The maximum atomic E-state index is 13.4. The predicted octanol–water partition coefficient (Wildman–Crippen LogP) is 1.88. The molecule has 9 nitrogen and oxygen atoms in total. The summed E-state index contributed by atoms with van der Waals surface area (Å²) in [5, 5.41) is 9.39. The summed E-state index contributed by atoms with van der Waals surface area (Å²) in [6.07, 6.45) is 4.04. The van der Waals surface area contributed by atoms with Gasteiger partial charge >= 0.3 is 5.69 Å².